The molecule has 1 aliphatic heterocycles. The zero-order valence-electron chi connectivity index (χ0n) is 8.84. The maximum Gasteiger partial charge on any atom is 0.231 e. The van der Waals surface area contributed by atoms with E-state index in [4.69, 9.17) is 15.2 Å². The maximum absolute atomic E-state index is 12.8. The first-order valence-corrected chi connectivity index (χ1v) is 4.80. The van der Waals surface area contributed by atoms with Crippen molar-refractivity contribution in [3.8, 4) is 11.5 Å². The number of fused-ring (bicyclic) bond motifs is 1. The second-order valence-corrected chi connectivity index (χ2v) is 4.22. The minimum absolute atomic E-state index is 0.190. The lowest BCUT2D eigenvalue weighted by Crippen LogP contribution is -2.29. The van der Waals surface area contributed by atoms with Gasteiger partial charge in [0, 0.05) is 5.54 Å². The molecule has 0 fully saturated rings. The summed E-state index contributed by atoms with van der Waals surface area (Å²) in [6, 6.07) is 3.42. The van der Waals surface area contributed by atoms with Crippen LogP contribution in [0.3, 0.4) is 0 Å². The summed E-state index contributed by atoms with van der Waals surface area (Å²) in [7, 11) is 0. The molecule has 2 rings (SSSR count). The van der Waals surface area contributed by atoms with E-state index in [0.717, 1.165) is 5.56 Å². The van der Waals surface area contributed by atoms with Crippen molar-refractivity contribution in [2.45, 2.75) is 26.1 Å². The van der Waals surface area contributed by atoms with Gasteiger partial charge in [0.25, 0.3) is 0 Å². The van der Waals surface area contributed by atoms with Crippen LogP contribution >= 0.6 is 0 Å². The Morgan fingerprint density at radius 1 is 1.33 bits per heavy atom. The van der Waals surface area contributed by atoms with Crippen molar-refractivity contribution < 1.29 is 13.9 Å². The Labute approximate surface area is 88.0 Å². The van der Waals surface area contributed by atoms with Gasteiger partial charge in [0.05, 0.1) is 0 Å². The summed E-state index contributed by atoms with van der Waals surface area (Å²) >= 11 is 0. The van der Waals surface area contributed by atoms with Gasteiger partial charge in [-0.2, -0.15) is 0 Å². The van der Waals surface area contributed by atoms with Crippen LogP contribution in [-0.2, 0) is 12.2 Å². The Hall–Kier alpha value is -1.29. The summed E-state index contributed by atoms with van der Waals surface area (Å²) in [6.07, 6.45) is 0. The van der Waals surface area contributed by atoms with Crippen molar-refractivity contribution in [2.75, 3.05) is 6.79 Å². The molecule has 0 unspecified atom stereocenters. The van der Waals surface area contributed by atoms with Crippen molar-refractivity contribution >= 4 is 0 Å². The first-order valence-electron chi connectivity index (χ1n) is 4.80. The number of rotatable bonds is 2. The van der Waals surface area contributed by atoms with Gasteiger partial charge in [-0.05, 0) is 37.1 Å². The smallest absolute Gasteiger partial charge is 0.231 e. The van der Waals surface area contributed by atoms with Crippen LogP contribution in [0.2, 0.25) is 0 Å². The molecule has 15 heavy (non-hydrogen) atoms. The molecule has 0 aromatic heterocycles. The van der Waals surface area contributed by atoms with Gasteiger partial charge in [-0.25, -0.2) is 4.39 Å². The molecule has 0 bridgehead atoms. The Morgan fingerprint density at radius 3 is 2.47 bits per heavy atom. The van der Waals surface area contributed by atoms with Crippen LogP contribution in [0.1, 0.15) is 25.0 Å². The molecule has 0 radical (unpaired) electrons. The Kier molecular flexibility index (Phi) is 2.31. The maximum atomic E-state index is 12.8. The Morgan fingerprint density at radius 2 is 1.93 bits per heavy atom. The van der Waals surface area contributed by atoms with Crippen molar-refractivity contribution in [3.63, 3.8) is 0 Å². The van der Waals surface area contributed by atoms with E-state index in [-0.39, 0.29) is 6.79 Å². The molecule has 1 aromatic carbocycles. The van der Waals surface area contributed by atoms with E-state index >= 15 is 0 Å². The molecule has 0 amide bonds. The van der Waals surface area contributed by atoms with Crippen molar-refractivity contribution in [3.05, 3.63) is 23.3 Å². The fraction of sp³-hybridized carbons (Fsp3) is 0.455. The highest BCUT2D eigenvalue weighted by Gasteiger charge is 2.24. The van der Waals surface area contributed by atoms with Crippen LogP contribution in [0.5, 0.6) is 11.5 Å². The molecule has 0 saturated heterocycles. The lowest BCUT2D eigenvalue weighted by Gasteiger charge is -2.22. The van der Waals surface area contributed by atoms with E-state index < -0.39 is 12.2 Å². The summed E-state index contributed by atoms with van der Waals surface area (Å²) < 4.78 is 23.2. The molecule has 82 valence electrons. The standard InChI is InChI=1S/C11H14FNO2/c1-11(2,13)8-4-10-9(14-6-15-10)3-7(8)5-12/h3-4H,5-6,13H2,1-2H3. The fourth-order valence-electron chi connectivity index (χ4n) is 1.69. The van der Waals surface area contributed by atoms with Gasteiger partial charge in [-0.3, -0.25) is 0 Å². The monoisotopic (exact) mass is 211 g/mol. The van der Waals surface area contributed by atoms with Gasteiger partial charge in [0.2, 0.25) is 6.79 Å². The fourth-order valence-corrected chi connectivity index (χ4v) is 1.69. The molecule has 1 aliphatic rings. The van der Waals surface area contributed by atoms with E-state index in [1.807, 2.05) is 13.8 Å². The second kappa shape index (κ2) is 3.38. The topological polar surface area (TPSA) is 44.5 Å². The van der Waals surface area contributed by atoms with Crippen LogP contribution in [0.4, 0.5) is 4.39 Å². The zero-order chi connectivity index (χ0) is 11.1. The van der Waals surface area contributed by atoms with Gasteiger partial charge in [0.1, 0.15) is 6.67 Å². The van der Waals surface area contributed by atoms with Crippen LogP contribution in [0, 0.1) is 0 Å². The zero-order valence-corrected chi connectivity index (χ0v) is 8.84. The molecule has 1 heterocycles. The quantitative estimate of drug-likeness (QED) is 0.814. The van der Waals surface area contributed by atoms with Crippen molar-refractivity contribution in [1.29, 1.82) is 0 Å². The summed E-state index contributed by atoms with van der Waals surface area (Å²) in [5, 5.41) is 0. The predicted octanol–water partition coefficient (Wildman–Crippen LogP) is 2.08. The Bertz CT molecular complexity index is 385. The third-order valence-corrected chi connectivity index (χ3v) is 2.44. The van der Waals surface area contributed by atoms with Gasteiger partial charge in [-0.15, -0.1) is 0 Å². The molecule has 0 aliphatic carbocycles. The van der Waals surface area contributed by atoms with Gasteiger partial charge in [-0.1, -0.05) is 0 Å². The summed E-state index contributed by atoms with van der Waals surface area (Å²) in [6.45, 7) is 3.31. The Balaban J connectivity index is 2.54. The number of benzene rings is 1. The number of nitrogens with two attached hydrogens (primary N) is 1. The van der Waals surface area contributed by atoms with E-state index in [2.05, 4.69) is 0 Å². The molecular weight excluding hydrogens is 197 g/mol. The first kappa shape index (κ1) is 10.2. The largest absolute Gasteiger partial charge is 0.454 e. The normalized spacial score (nSPS) is 14.4. The van der Waals surface area contributed by atoms with Crippen LogP contribution in [0.25, 0.3) is 0 Å². The van der Waals surface area contributed by atoms with Crippen LogP contribution in [-0.4, -0.2) is 6.79 Å². The molecule has 0 atom stereocenters. The lowest BCUT2D eigenvalue weighted by molar-refractivity contribution is 0.174. The van der Waals surface area contributed by atoms with Crippen LogP contribution in [0.15, 0.2) is 12.1 Å². The number of ether oxygens (including phenoxy) is 2. The molecular formula is C11H14FNO2. The third kappa shape index (κ3) is 1.77. The summed E-state index contributed by atoms with van der Waals surface area (Å²) in [4.78, 5) is 0. The average molecular weight is 211 g/mol. The highest BCUT2D eigenvalue weighted by atomic mass is 19.1. The number of alkyl halides is 1. The van der Waals surface area contributed by atoms with Gasteiger partial charge >= 0.3 is 0 Å². The SMILES string of the molecule is CC(C)(N)c1cc2c(cc1CF)OCO2. The van der Waals surface area contributed by atoms with Crippen molar-refractivity contribution in [2.24, 2.45) is 5.73 Å². The highest BCUT2D eigenvalue weighted by Crippen LogP contribution is 2.37. The average Bonchev–Trinajstić information content (AvgIpc) is 2.60. The molecule has 0 spiro atoms. The minimum Gasteiger partial charge on any atom is -0.454 e. The summed E-state index contributed by atoms with van der Waals surface area (Å²) in [5.74, 6) is 1.23. The number of hydrogen-bond acceptors (Lipinski definition) is 3. The second-order valence-electron chi connectivity index (χ2n) is 4.22. The molecule has 2 N–H and O–H groups in total. The van der Waals surface area contributed by atoms with E-state index in [1.54, 1.807) is 12.1 Å². The van der Waals surface area contributed by atoms with Crippen molar-refractivity contribution in [1.82, 2.24) is 0 Å². The van der Waals surface area contributed by atoms with Gasteiger partial charge < -0.3 is 15.2 Å². The van der Waals surface area contributed by atoms with E-state index in [9.17, 15) is 4.39 Å². The number of hydrogen-bond donors (Lipinski definition) is 1. The minimum atomic E-state index is -0.581. The number of halogens is 1. The molecule has 3 nitrogen and oxygen atoms in total. The predicted molar refractivity (Wildman–Crippen MR) is 54.6 cm³/mol. The highest BCUT2D eigenvalue weighted by molar-refractivity contribution is 5.50. The molecule has 4 heteroatoms. The van der Waals surface area contributed by atoms with E-state index in [1.165, 1.54) is 0 Å². The van der Waals surface area contributed by atoms with Gasteiger partial charge in [0.15, 0.2) is 11.5 Å². The third-order valence-electron chi connectivity index (χ3n) is 2.44. The summed E-state index contributed by atoms with van der Waals surface area (Å²) in [5.41, 5.74) is 6.70. The van der Waals surface area contributed by atoms with Crippen LogP contribution < -0.4 is 15.2 Å². The molecule has 0 saturated carbocycles. The van der Waals surface area contributed by atoms with E-state index in [0.29, 0.717) is 17.1 Å². The molecule has 1 aromatic rings. The first-order chi connectivity index (χ1) is 7.02. The lowest BCUT2D eigenvalue weighted by atomic mass is 9.91.